The predicted octanol–water partition coefficient (Wildman–Crippen LogP) is 0.611. The molecule has 0 saturated carbocycles. The van der Waals surface area contributed by atoms with Gasteiger partial charge in [-0.1, -0.05) is 0 Å². The molecule has 1 amide bonds. The Morgan fingerprint density at radius 2 is 2.24 bits per heavy atom. The van der Waals surface area contributed by atoms with E-state index in [9.17, 15) is 9.90 Å². The van der Waals surface area contributed by atoms with Crippen LogP contribution in [0, 0.1) is 0 Å². The molecular weight excluding hydrogens is 218 g/mol. The predicted molar refractivity (Wildman–Crippen MR) is 63.9 cm³/mol. The van der Waals surface area contributed by atoms with Gasteiger partial charge in [0.1, 0.15) is 5.75 Å². The monoisotopic (exact) mass is 235 g/mol. The van der Waals surface area contributed by atoms with E-state index in [1.165, 1.54) is 12.3 Å². The average Bonchev–Trinajstić information content (AvgIpc) is 2.39. The highest BCUT2D eigenvalue weighted by Gasteiger charge is 2.25. The average molecular weight is 235 g/mol. The molecule has 0 unspecified atom stereocenters. The normalized spacial score (nSPS) is 16.8. The summed E-state index contributed by atoms with van der Waals surface area (Å²) in [5.74, 6) is -0.270. The zero-order chi connectivity index (χ0) is 12.3. The van der Waals surface area contributed by atoms with Gasteiger partial charge in [0.2, 0.25) is 0 Å². The third kappa shape index (κ3) is 2.55. The van der Waals surface area contributed by atoms with E-state index in [1.54, 1.807) is 18.0 Å². The number of nitrogens with one attached hydrogen (secondary N) is 1. The largest absolute Gasteiger partial charge is 0.505 e. The molecule has 0 aromatic carbocycles. The maximum Gasteiger partial charge on any atom is 0.276 e. The van der Waals surface area contributed by atoms with Gasteiger partial charge in [0.15, 0.2) is 5.69 Å². The van der Waals surface area contributed by atoms with Crippen LogP contribution in [0.15, 0.2) is 18.3 Å². The first-order chi connectivity index (χ1) is 8.20. The van der Waals surface area contributed by atoms with Crippen LogP contribution in [0.1, 0.15) is 23.3 Å². The van der Waals surface area contributed by atoms with Gasteiger partial charge in [-0.15, -0.1) is 0 Å². The maximum absolute atomic E-state index is 12.1. The van der Waals surface area contributed by atoms with Crippen LogP contribution < -0.4 is 5.32 Å². The number of hydrogen-bond donors (Lipinski definition) is 2. The van der Waals surface area contributed by atoms with E-state index in [2.05, 4.69) is 10.3 Å². The second-order valence-electron chi connectivity index (χ2n) is 4.27. The molecule has 0 spiro atoms. The molecule has 17 heavy (non-hydrogen) atoms. The molecule has 0 radical (unpaired) electrons. The number of aromatic hydroxyl groups is 1. The molecule has 2 N–H and O–H groups in total. The van der Waals surface area contributed by atoms with Gasteiger partial charge in [0, 0.05) is 19.3 Å². The van der Waals surface area contributed by atoms with Crippen molar-refractivity contribution in [1.29, 1.82) is 0 Å². The number of amides is 1. The smallest absolute Gasteiger partial charge is 0.276 e. The van der Waals surface area contributed by atoms with Crippen molar-refractivity contribution in [3.05, 3.63) is 24.0 Å². The summed E-state index contributed by atoms with van der Waals surface area (Å²) in [6, 6.07) is 3.32. The molecule has 5 heteroatoms. The molecule has 1 fully saturated rings. The van der Waals surface area contributed by atoms with E-state index in [0.29, 0.717) is 0 Å². The van der Waals surface area contributed by atoms with E-state index in [0.717, 1.165) is 25.9 Å². The van der Waals surface area contributed by atoms with Gasteiger partial charge < -0.3 is 15.3 Å². The van der Waals surface area contributed by atoms with Crippen LogP contribution in [0.2, 0.25) is 0 Å². The summed E-state index contributed by atoms with van der Waals surface area (Å²) in [6.07, 6.45) is 3.40. The van der Waals surface area contributed by atoms with Crippen LogP contribution in [0.5, 0.6) is 5.75 Å². The molecule has 2 rings (SSSR count). The molecule has 2 heterocycles. The van der Waals surface area contributed by atoms with Crippen molar-refractivity contribution in [2.45, 2.75) is 18.9 Å². The van der Waals surface area contributed by atoms with Crippen LogP contribution in [-0.4, -0.2) is 47.1 Å². The number of carbonyl (C=O) groups excluding carboxylic acids is 1. The Morgan fingerprint density at radius 1 is 1.53 bits per heavy atom. The zero-order valence-electron chi connectivity index (χ0n) is 9.89. The van der Waals surface area contributed by atoms with Gasteiger partial charge in [0.05, 0.1) is 0 Å². The lowest BCUT2D eigenvalue weighted by Crippen LogP contribution is -2.44. The second kappa shape index (κ2) is 5.14. The van der Waals surface area contributed by atoms with Crippen LogP contribution in [0.25, 0.3) is 0 Å². The molecule has 1 saturated heterocycles. The van der Waals surface area contributed by atoms with Crippen LogP contribution in [-0.2, 0) is 0 Å². The van der Waals surface area contributed by atoms with E-state index in [4.69, 9.17) is 0 Å². The van der Waals surface area contributed by atoms with Crippen LogP contribution in [0.4, 0.5) is 0 Å². The highest BCUT2D eigenvalue weighted by Crippen LogP contribution is 2.18. The Bertz CT molecular complexity index is 402. The highest BCUT2D eigenvalue weighted by atomic mass is 16.3. The van der Waals surface area contributed by atoms with Gasteiger partial charge in [-0.2, -0.15) is 0 Å². The van der Waals surface area contributed by atoms with Gasteiger partial charge in [0.25, 0.3) is 5.91 Å². The molecule has 1 aliphatic heterocycles. The summed E-state index contributed by atoms with van der Waals surface area (Å²) < 4.78 is 0. The summed E-state index contributed by atoms with van der Waals surface area (Å²) in [7, 11) is 1.77. The van der Waals surface area contributed by atoms with Crippen molar-refractivity contribution in [3.63, 3.8) is 0 Å². The number of hydrogen-bond acceptors (Lipinski definition) is 4. The fourth-order valence-electron chi connectivity index (χ4n) is 2.09. The minimum Gasteiger partial charge on any atom is -0.505 e. The molecule has 1 aliphatic rings. The first-order valence-electron chi connectivity index (χ1n) is 5.82. The number of piperidine rings is 1. The van der Waals surface area contributed by atoms with Crippen molar-refractivity contribution < 1.29 is 9.90 Å². The number of aromatic nitrogens is 1. The minimum atomic E-state index is -0.213. The van der Waals surface area contributed by atoms with Crippen molar-refractivity contribution in [1.82, 2.24) is 15.2 Å². The third-order valence-corrected chi connectivity index (χ3v) is 3.17. The molecule has 1 aromatic rings. The fourth-order valence-corrected chi connectivity index (χ4v) is 2.09. The lowest BCUT2D eigenvalue weighted by atomic mass is 10.0. The van der Waals surface area contributed by atoms with Crippen molar-refractivity contribution >= 4 is 5.91 Å². The Hall–Kier alpha value is -1.62. The van der Waals surface area contributed by atoms with Gasteiger partial charge in [-0.05, 0) is 38.1 Å². The maximum atomic E-state index is 12.1. The molecule has 0 atom stereocenters. The van der Waals surface area contributed by atoms with E-state index < -0.39 is 0 Å². The SMILES string of the molecule is CN(C(=O)c1ncccc1O)C1CCNCC1. The summed E-state index contributed by atoms with van der Waals surface area (Å²) in [4.78, 5) is 17.8. The van der Waals surface area contributed by atoms with Crippen molar-refractivity contribution in [3.8, 4) is 5.75 Å². The zero-order valence-corrected chi connectivity index (χ0v) is 9.89. The van der Waals surface area contributed by atoms with Crippen molar-refractivity contribution in [2.75, 3.05) is 20.1 Å². The Morgan fingerprint density at radius 3 is 2.88 bits per heavy atom. The Kier molecular flexibility index (Phi) is 3.58. The van der Waals surface area contributed by atoms with E-state index in [-0.39, 0.29) is 23.4 Å². The topological polar surface area (TPSA) is 65.5 Å². The number of carbonyl (C=O) groups is 1. The number of nitrogens with zero attached hydrogens (tertiary/aromatic N) is 2. The standard InChI is InChI=1S/C12H17N3O2/c1-15(9-4-7-13-8-5-9)12(17)11-10(16)3-2-6-14-11/h2-3,6,9,13,16H,4-5,7-8H2,1H3. The number of rotatable bonds is 2. The molecular formula is C12H17N3O2. The quantitative estimate of drug-likeness (QED) is 0.788. The Balaban J connectivity index is 2.11. The fraction of sp³-hybridized carbons (Fsp3) is 0.500. The molecule has 1 aromatic heterocycles. The third-order valence-electron chi connectivity index (χ3n) is 3.17. The second-order valence-corrected chi connectivity index (χ2v) is 4.27. The number of pyridine rings is 1. The minimum absolute atomic E-state index is 0.0571. The van der Waals surface area contributed by atoms with Gasteiger partial charge in [-0.25, -0.2) is 4.98 Å². The first kappa shape index (κ1) is 11.9. The summed E-state index contributed by atoms with van der Waals surface area (Å²) in [6.45, 7) is 1.85. The van der Waals surface area contributed by atoms with Gasteiger partial charge >= 0.3 is 0 Å². The first-order valence-corrected chi connectivity index (χ1v) is 5.82. The molecule has 92 valence electrons. The summed E-state index contributed by atoms with van der Waals surface area (Å²) >= 11 is 0. The molecule has 0 bridgehead atoms. The lowest BCUT2D eigenvalue weighted by molar-refractivity contribution is 0.0694. The Labute approximate surface area is 100 Å². The highest BCUT2D eigenvalue weighted by molar-refractivity contribution is 5.94. The summed E-state index contributed by atoms with van der Waals surface area (Å²) in [5.41, 5.74) is 0.133. The molecule has 5 nitrogen and oxygen atoms in total. The van der Waals surface area contributed by atoms with E-state index in [1.807, 2.05) is 0 Å². The van der Waals surface area contributed by atoms with Crippen LogP contribution >= 0.6 is 0 Å². The summed E-state index contributed by atoms with van der Waals surface area (Å²) in [5, 5.41) is 12.9. The van der Waals surface area contributed by atoms with Gasteiger partial charge in [-0.3, -0.25) is 4.79 Å². The van der Waals surface area contributed by atoms with Crippen molar-refractivity contribution in [2.24, 2.45) is 0 Å². The van der Waals surface area contributed by atoms with Crippen LogP contribution in [0.3, 0.4) is 0 Å². The lowest BCUT2D eigenvalue weighted by Gasteiger charge is -2.31. The molecule has 0 aliphatic carbocycles. The van der Waals surface area contributed by atoms with E-state index >= 15 is 0 Å².